The first kappa shape index (κ1) is 10.8. The highest BCUT2D eigenvalue weighted by Crippen LogP contribution is 2.27. The molecule has 0 bridgehead atoms. The van der Waals surface area contributed by atoms with Gasteiger partial charge in [0.05, 0.1) is 14.2 Å². The Hall–Kier alpha value is -1.26. The summed E-state index contributed by atoms with van der Waals surface area (Å²) < 4.78 is 5.17. The fourth-order valence-corrected chi connectivity index (χ4v) is 1.19. The van der Waals surface area contributed by atoms with Gasteiger partial charge in [-0.25, -0.2) is 0 Å². The second-order valence-corrected chi connectivity index (χ2v) is 2.98. The van der Waals surface area contributed by atoms with Crippen LogP contribution in [0, 0.1) is 6.92 Å². The van der Waals surface area contributed by atoms with Gasteiger partial charge >= 0.3 is 0 Å². The van der Waals surface area contributed by atoms with Crippen molar-refractivity contribution in [2.24, 2.45) is 0 Å². The monoisotopic (exact) mass is 197 g/mol. The molecule has 0 atom stereocenters. The van der Waals surface area contributed by atoms with Crippen molar-refractivity contribution in [2.75, 3.05) is 14.2 Å². The molecule has 1 aromatic carbocycles. The van der Waals surface area contributed by atoms with E-state index in [2.05, 4.69) is 5.48 Å². The van der Waals surface area contributed by atoms with E-state index >= 15 is 0 Å². The average molecular weight is 197 g/mol. The van der Waals surface area contributed by atoms with Crippen LogP contribution in [0.15, 0.2) is 12.1 Å². The van der Waals surface area contributed by atoms with Crippen molar-refractivity contribution >= 4 is 0 Å². The Labute approximate surface area is 83.4 Å². The van der Waals surface area contributed by atoms with Crippen molar-refractivity contribution in [3.05, 3.63) is 23.3 Å². The largest absolute Gasteiger partial charge is 0.508 e. The lowest BCUT2D eigenvalue weighted by atomic mass is 10.1. The van der Waals surface area contributed by atoms with Gasteiger partial charge in [-0.3, -0.25) is 0 Å². The van der Waals surface area contributed by atoms with E-state index in [1.54, 1.807) is 26.4 Å². The molecule has 0 aromatic heterocycles. The van der Waals surface area contributed by atoms with Gasteiger partial charge in [0.15, 0.2) is 0 Å². The predicted molar refractivity (Wildman–Crippen MR) is 53.2 cm³/mol. The van der Waals surface area contributed by atoms with E-state index in [1.807, 2.05) is 6.92 Å². The fourth-order valence-electron chi connectivity index (χ4n) is 1.19. The first-order valence-corrected chi connectivity index (χ1v) is 4.31. The summed E-state index contributed by atoms with van der Waals surface area (Å²) in [5.74, 6) is 1.00. The molecule has 1 rings (SSSR count). The Bertz CT molecular complexity index is 312. The van der Waals surface area contributed by atoms with Crippen molar-refractivity contribution in [1.82, 2.24) is 5.48 Å². The maximum Gasteiger partial charge on any atom is 0.123 e. The molecule has 78 valence electrons. The molecule has 4 heteroatoms. The summed E-state index contributed by atoms with van der Waals surface area (Å²) in [6.07, 6.45) is 0. The Morgan fingerprint density at radius 1 is 1.36 bits per heavy atom. The molecular weight excluding hydrogens is 182 g/mol. The number of phenolic OH excluding ortho intramolecular Hbond substituents is 1. The lowest BCUT2D eigenvalue weighted by Crippen LogP contribution is -2.11. The Morgan fingerprint density at radius 2 is 2.07 bits per heavy atom. The van der Waals surface area contributed by atoms with Crippen molar-refractivity contribution in [3.8, 4) is 11.5 Å². The van der Waals surface area contributed by atoms with Crippen LogP contribution < -0.4 is 10.2 Å². The number of ether oxygens (including phenoxy) is 1. The van der Waals surface area contributed by atoms with E-state index in [0.29, 0.717) is 6.54 Å². The van der Waals surface area contributed by atoms with Gasteiger partial charge in [0.1, 0.15) is 11.5 Å². The number of benzene rings is 1. The molecule has 14 heavy (non-hydrogen) atoms. The van der Waals surface area contributed by atoms with Crippen molar-refractivity contribution in [2.45, 2.75) is 13.5 Å². The van der Waals surface area contributed by atoms with Gasteiger partial charge in [0.25, 0.3) is 0 Å². The molecule has 0 unspecified atom stereocenters. The van der Waals surface area contributed by atoms with Crippen molar-refractivity contribution in [1.29, 1.82) is 0 Å². The summed E-state index contributed by atoms with van der Waals surface area (Å²) in [7, 11) is 3.14. The predicted octanol–water partition coefficient (Wildman–Crippen LogP) is 1.36. The summed E-state index contributed by atoms with van der Waals surface area (Å²) in [6.45, 7) is 2.32. The Morgan fingerprint density at radius 3 is 2.64 bits per heavy atom. The highest BCUT2D eigenvalue weighted by Gasteiger charge is 2.06. The molecule has 0 aliphatic heterocycles. The molecule has 1 aromatic rings. The highest BCUT2D eigenvalue weighted by atomic mass is 16.6. The van der Waals surface area contributed by atoms with Gasteiger partial charge in [-0.2, -0.15) is 5.48 Å². The van der Waals surface area contributed by atoms with Crippen LogP contribution in [0.5, 0.6) is 11.5 Å². The molecule has 0 spiro atoms. The van der Waals surface area contributed by atoms with Crippen molar-refractivity contribution < 1.29 is 14.7 Å². The highest BCUT2D eigenvalue weighted by molar-refractivity contribution is 5.45. The van der Waals surface area contributed by atoms with E-state index in [9.17, 15) is 5.11 Å². The number of aryl methyl sites for hydroxylation is 1. The Balaban J connectivity index is 2.95. The first-order valence-electron chi connectivity index (χ1n) is 4.31. The second-order valence-electron chi connectivity index (χ2n) is 2.98. The molecule has 0 radical (unpaired) electrons. The van der Waals surface area contributed by atoms with Crippen LogP contribution in [0.2, 0.25) is 0 Å². The minimum absolute atomic E-state index is 0.263. The maximum absolute atomic E-state index is 9.50. The SMILES string of the molecule is CONCc1cc(O)c(C)cc1OC. The van der Waals surface area contributed by atoms with Crippen LogP contribution in [-0.2, 0) is 11.4 Å². The number of methoxy groups -OCH3 is 1. The molecular formula is C10H15NO3. The molecule has 0 fully saturated rings. The van der Waals surface area contributed by atoms with Gasteiger partial charge in [-0.15, -0.1) is 0 Å². The molecule has 0 amide bonds. The maximum atomic E-state index is 9.50. The van der Waals surface area contributed by atoms with Crippen LogP contribution in [0.25, 0.3) is 0 Å². The number of phenols is 1. The molecule has 0 saturated carbocycles. The molecule has 0 aliphatic rings. The quantitative estimate of drug-likeness (QED) is 0.715. The summed E-state index contributed by atoms with van der Waals surface area (Å²) >= 11 is 0. The molecule has 0 heterocycles. The Kier molecular flexibility index (Phi) is 3.73. The van der Waals surface area contributed by atoms with Crippen LogP contribution in [0.4, 0.5) is 0 Å². The van der Waals surface area contributed by atoms with Gasteiger partial charge in [-0.05, 0) is 24.6 Å². The topological polar surface area (TPSA) is 50.7 Å². The third-order valence-corrected chi connectivity index (χ3v) is 2.01. The van der Waals surface area contributed by atoms with Gasteiger partial charge in [-0.1, -0.05) is 0 Å². The van der Waals surface area contributed by atoms with E-state index in [0.717, 1.165) is 16.9 Å². The van der Waals surface area contributed by atoms with E-state index in [1.165, 1.54) is 0 Å². The summed E-state index contributed by atoms with van der Waals surface area (Å²) in [5.41, 5.74) is 4.35. The molecule has 0 saturated heterocycles. The smallest absolute Gasteiger partial charge is 0.123 e. The zero-order valence-corrected chi connectivity index (χ0v) is 8.63. The fraction of sp³-hybridized carbons (Fsp3) is 0.400. The third kappa shape index (κ3) is 2.37. The number of hydrogen-bond acceptors (Lipinski definition) is 4. The lowest BCUT2D eigenvalue weighted by Gasteiger charge is -2.10. The molecule has 4 nitrogen and oxygen atoms in total. The number of rotatable bonds is 4. The zero-order chi connectivity index (χ0) is 10.6. The summed E-state index contributed by atoms with van der Waals surface area (Å²) in [4.78, 5) is 4.73. The standard InChI is InChI=1S/C10H15NO3/c1-7-4-10(13-2)8(5-9(7)12)6-11-14-3/h4-5,11-12H,6H2,1-3H3. The van der Waals surface area contributed by atoms with Crippen LogP contribution in [0.1, 0.15) is 11.1 Å². The minimum atomic E-state index is 0.263. The van der Waals surface area contributed by atoms with E-state index < -0.39 is 0 Å². The van der Waals surface area contributed by atoms with Gasteiger partial charge in [0, 0.05) is 12.1 Å². The second kappa shape index (κ2) is 4.83. The number of aromatic hydroxyl groups is 1. The third-order valence-electron chi connectivity index (χ3n) is 2.01. The van der Waals surface area contributed by atoms with Gasteiger partial charge in [0.2, 0.25) is 0 Å². The number of hydroxylamine groups is 1. The average Bonchev–Trinajstić information content (AvgIpc) is 2.19. The molecule has 0 aliphatic carbocycles. The van der Waals surface area contributed by atoms with Crippen molar-refractivity contribution in [3.63, 3.8) is 0 Å². The number of hydrogen-bond donors (Lipinski definition) is 2. The zero-order valence-electron chi connectivity index (χ0n) is 8.63. The number of nitrogens with one attached hydrogen (secondary N) is 1. The van der Waals surface area contributed by atoms with E-state index in [4.69, 9.17) is 9.57 Å². The van der Waals surface area contributed by atoms with Crippen LogP contribution >= 0.6 is 0 Å². The van der Waals surface area contributed by atoms with E-state index in [-0.39, 0.29) is 5.75 Å². The normalized spacial score (nSPS) is 10.2. The molecule has 2 N–H and O–H groups in total. The van der Waals surface area contributed by atoms with Crippen LogP contribution in [0.3, 0.4) is 0 Å². The summed E-state index contributed by atoms with van der Waals surface area (Å²) in [6, 6.07) is 3.46. The minimum Gasteiger partial charge on any atom is -0.508 e. The van der Waals surface area contributed by atoms with Crippen LogP contribution in [-0.4, -0.2) is 19.3 Å². The summed E-state index contributed by atoms with van der Waals surface area (Å²) in [5, 5.41) is 9.50. The van der Waals surface area contributed by atoms with Gasteiger partial charge < -0.3 is 14.7 Å². The lowest BCUT2D eigenvalue weighted by molar-refractivity contribution is 0.0861. The first-order chi connectivity index (χ1) is 6.69.